The van der Waals surface area contributed by atoms with Gasteiger partial charge in [-0.05, 0) is 19.1 Å². The van der Waals surface area contributed by atoms with E-state index in [0.717, 1.165) is 0 Å². The fourth-order valence-corrected chi connectivity index (χ4v) is 2.10. The van der Waals surface area contributed by atoms with Gasteiger partial charge >= 0.3 is 12.1 Å². The Morgan fingerprint density at radius 2 is 2.26 bits per heavy atom. The van der Waals surface area contributed by atoms with Crippen LogP contribution < -0.4 is 4.90 Å². The first-order valence-electron chi connectivity index (χ1n) is 5.67. The molecular formula is C13H12N2O4. The van der Waals surface area contributed by atoms with Gasteiger partial charge in [0.1, 0.15) is 11.7 Å². The van der Waals surface area contributed by atoms with Crippen LogP contribution in [0, 0.1) is 11.3 Å². The molecule has 1 aliphatic rings. The zero-order chi connectivity index (χ0) is 14.0. The van der Waals surface area contributed by atoms with Gasteiger partial charge in [0.15, 0.2) is 0 Å². The van der Waals surface area contributed by atoms with Crippen molar-refractivity contribution in [3.05, 3.63) is 29.8 Å². The van der Waals surface area contributed by atoms with E-state index in [0.29, 0.717) is 11.3 Å². The molecular weight excluding hydrogens is 248 g/mol. The molecule has 0 aromatic heterocycles. The van der Waals surface area contributed by atoms with Gasteiger partial charge in [0.25, 0.3) is 0 Å². The fourth-order valence-electron chi connectivity index (χ4n) is 2.10. The fraction of sp³-hybridized carbons (Fsp3) is 0.308. The number of carbonyl (C=O) groups excluding carboxylic acids is 1. The third kappa shape index (κ3) is 2.50. The van der Waals surface area contributed by atoms with E-state index in [2.05, 4.69) is 0 Å². The van der Waals surface area contributed by atoms with Crippen molar-refractivity contribution >= 4 is 17.7 Å². The molecule has 0 spiro atoms. The van der Waals surface area contributed by atoms with Gasteiger partial charge in [0, 0.05) is 0 Å². The highest BCUT2D eigenvalue weighted by molar-refractivity contribution is 5.92. The number of nitriles is 1. The summed E-state index contributed by atoms with van der Waals surface area (Å²) in [5, 5.41) is 17.8. The zero-order valence-electron chi connectivity index (χ0n) is 10.3. The standard InChI is InChI=1S/C13H12N2O4/c1-13(6-11(16)17)8-15(12(18)19-13)10-5-3-2-4-9(10)7-14/h2-5H,6,8H2,1H3,(H,16,17). The van der Waals surface area contributed by atoms with E-state index in [1.165, 1.54) is 4.90 Å². The normalized spacial score (nSPS) is 21.9. The van der Waals surface area contributed by atoms with Gasteiger partial charge in [0.05, 0.1) is 24.2 Å². The lowest BCUT2D eigenvalue weighted by Crippen LogP contribution is -2.33. The van der Waals surface area contributed by atoms with Crippen LogP contribution in [-0.4, -0.2) is 29.3 Å². The Bertz CT molecular complexity index is 578. The van der Waals surface area contributed by atoms with Crippen LogP contribution in [0.15, 0.2) is 24.3 Å². The molecule has 2 rings (SSSR count). The molecule has 1 heterocycles. The van der Waals surface area contributed by atoms with E-state index < -0.39 is 17.7 Å². The molecule has 6 heteroatoms. The number of carboxylic acid groups (broad SMARTS) is 1. The summed E-state index contributed by atoms with van der Waals surface area (Å²) in [5.41, 5.74) is -0.297. The Kier molecular flexibility index (Phi) is 3.13. The summed E-state index contributed by atoms with van der Waals surface area (Å²) in [7, 11) is 0. The third-order valence-electron chi connectivity index (χ3n) is 2.89. The Balaban J connectivity index is 2.30. The summed E-state index contributed by atoms with van der Waals surface area (Å²) in [5.74, 6) is -1.04. The van der Waals surface area contributed by atoms with Crippen LogP contribution in [0.4, 0.5) is 10.5 Å². The maximum Gasteiger partial charge on any atom is 0.415 e. The number of carboxylic acids is 1. The van der Waals surface area contributed by atoms with Crippen molar-refractivity contribution in [3.63, 3.8) is 0 Å². The number of aliphatic carboxylic acids is 1. The van der Waals surface area contributed by atoms with Crippen LogP contribution in [0.5, 0.6) is 0 Å². The number of rotatable bonds is 3. The summed E-state index contributed by atoms with van der Waals surface area (Å²) < 4.78 is 5.12. The smallest absolute Gasteiger partial charge is 0.415 e. The van der Waals surface area contributed by atoms with Gasteiger partial charge in [-0.3, -0.25) is 9.69 Å². The second-order valence-electron chi connectivity index (χ2n) is 4.60. The minimum absolute atomic E-state index is 0.108. The number of cyclic esters (lactones) is 1. The predicted octanol–water partition coefficient (Wildman–Crippen LogP) is 1.75. The summed E-state index contributed by atoms with van der Waals surface area (Å²) in [4.78, 5) is 23.9. The average molecular weight is 260 g/mol. The zero-order valence-corrected chi connectivity index (χ0v) is 10.3. The lowest BCUT2D eigenvalue weighted by Gasteiger charge is -2.19. The molecule has 1 fully saturated rings. The van der Waals surface area contributed by atoms with Crippen molar-refractivity contribution in [3.8, 4) is 6.07 Å². The highest BCUT2D eigenvalue weighted by Crippen LogP contribution is 2.31. The summed E-state index contributed by atoms with van der Waals surface area (Å²) in [6.45, 7) is 1.67. The molecule has 0 aliphatic carbocycles. The van der Waals surface area contributed by atoms with Gasteiger partial charge in [0.2, 0.25) is 0 Å². The molecule has 0 bridgehead atoms. The molecule has 1 atom stereocenters. The van der Waals surface area contributed by atoms with E-state index in [1.54, 1.807) is 31.2 Å². The number of para-hydroxylation sites is 1. The molecule has 98 valence electrons. The van der Waals surface area contributed by atoms with E-state index in [1.807, 2.05) is 6.07 Å². The van der Waals surface area contributed by atoms with Gasteiger partial charge in [-0.2, -0.15) is 5.26 Å². The molecule has 1 N–H and O–H groups in total. The third-order valence-corrected chi connectivity index (χ3v) is 2.89. The van der Waals surface area contributed by atoms with Crippen LogP contribution >= 0.6 is 0 Å². The predicted molar refractivity (Wildman–Crippen MR) is 65.6 cm³/mol. The quantitative estimate of drug-likeness (QED) is 0.893. The van der Waals surface area contributed by atoms with Gasteiger partial charge in [-0.15, -0.1) is 0 Å². The Hall–Kier alpha value is -2.55. The molecule has 1 unspecified atom stereocenters. The number of amides is 1. The summed E-state index contributed by atoms with van der Waals surface area (Å²) in [6.07, 6.45) is -0.907. The Labute approximate surface area is 109 Å². The van der Waals surface area contributed by atoms with Crippen molar-refractivity contribution in [2.45, 2.75) is 18.9 Å². The minimum atomic E-state index is -1.08. The number of hydrogen-bond donors (Lipinski definition) is 1. The van der Waals surface area contributed by atoms with Crippen LogP contribution in [0.2, 0.25) is 0 Å². The molecule has 1 aromatic rings. The van der Waals surface area contributed by atoms with Crippen molar-refractivity contribution in [1.29, 1.82) is 5.26 Å². The number of nitrogens with zero attached hydrogens (tertiary/aromatic N) is 2. The molecule has 6 nitrogen and oxygen atoms in total. The molecule has 0 saturated carbocycles. The first-order chi connectivity index (χ1) is 8.95. The van der Waals surface area contributed by atoms with Crippen molar-refractivity contribution < 1.29 is 19.4 Å². The number of benzene rings is 1. The number of anilines is 1. The summed E-state index contributed by atoms with van der Waals surface area (Å²) >= 11 is 0. The first-order valence-corrected chi connectivity index (χ1v) is 5.67. The van der Waals surface area contributed by atoms with Crippen LogP contribution in [0.3, 0.4) is 0 Å². The van der Waals surface area contributed by atoms with E-state index in [4.69, 9.17) is 15.1 Å². The first kappa shape index (κ1) is 12.9. The summed E-state index contributed by atoms with van der Waals surface area (Å²) in [6, 6.07) is 8.62. The van der Waals surface area contributed by atoms with Crippen molar-refractivity contribution in [1.82, 2.24) is 0 Å². The molecule has 1 amide bonds. The molecule has 1 aromatic carbocycles. The van der Waals surface area contributed by atoms with Crippen LogP contribution in [0.25, 0.3) is 0 Å². The SMILES string of the molecule is CC1(CC(=O)O)CN(c2ccccc2C#N)C(=O)O1. The second-order valence-corrected chi connectivity index (χ2v) is 4.60. The monoisotopic (exact) mass is 260 g/mol. The van der Waals surface area contributed by atoms with E-state index in [-0.39, 0.29) is 13.0 Å². The average Bonchev–Trinajstić information content (AvgIpc) is 2.63. The minimum Gasteiger partial charge on any atom is -0.481 e. The van der Waals surface area contributed by atoms with Crippen LogP contribution in [0.1, 0.15) is 18.9 Å². The van der Waals surface area contributed by atoms with Crippen molar-refractivity contribution in [2.24, 2.45) is 0 Å². The highest BCUT2D eigenvalue weighted by Gasteiger charge is 2.44. The maximum atomic E-state index is 11.8. The van der Waals surface area contributed by atoms with Gasteiger partial charge < -0.3 is 9.84 Å². The van der Waals surface area contributed by atoms with Crippen molar-refractivity contribution in [2.75, 3.05) is 11.4 Å². The van der Waals surface area contributed by atoms with E-state index in [9.17, 15) is 9.59 Å². The van der Waals surface area contributed by atoms with Gasteiger partial charge in [-0.1, -0.05) is 12.1 Å². The van der Waals surface area contributed by atoms with E-state index >= 15 is 0 Å². The molecule has 1 saturated heterocycles. The maximum absolute atomic E-state index is 11.8. The molecule has 1 aliphatic heterocycles. The number of carbonyl (C=O) groups is 2. The number of hydrogen-bond acceptors (Lipinski definition) is 4. The lowest BCUT2D eigenvalue weighted by molar-refractivity contribution is -0.140. The largest absolute Gasteiger partial charge is 0.481 e. The Morgan fingerprint density at radius 1 is 1.58 bits per heavy atom. The lowest BCUT2D eigenvalue weighted by atomic mass is 10.0. The van der Waals surface area contributed by atoms with Gasteiger partial charge in [-0.25, -0.2) is 4.79 Å². The topological polar surface area (TPSA) is 90.6 Å². The molecule has 0 radical (unpaired) electrons. The molecule has 19 heavy (non-hydrogen) atoms. The number of ether oxygens (including phenoxy) is 1. The highest BCUT2D eigenvalue weighted by atomic mass is 16.6. The second kappa shape index (κ2) is 4.61. The Morgan fingerprint density at radius 3 is 2.89 bits per heavy atom. The van der Waals surface area contributed by atoms with Crippen LogP contribution in [-0.2, 0) is 9.53 Å².